The minimum atomic E-state index is 0.549. The number of hydrogen-bond donors (Lipinski definition) is 0. The van der Waals surface area contributed by atoms with Crippen LogP contribution >= 0.6 is 45.2 Å². The first-order chi connectivity index (χ1) is 6.07. The van der Waals surface area contributed by atoms with E-state index >= 15 is 0 Å². The number of nitrogens with zero attached hydrogens (tertiary/aromatic N) is 2. The monoisotopic (exact) mass is 404 g/mol. The largest absolute Gasteiger partial charge is 0.322 e. The molecule has 0 fully saturated rings. The summed E-state index contributed by atoms with van der Waals surface area (Å²) in [6.45, 7) is 6.78. The van der Waals surface area contributed by atoms with E-state index in [1.807, 2.05) is 6.33 Å². The van der Waals surface area contributed by atoms with E-state index in [0.29, 0.717) is 12.0 Å². The second-order valence-corrected chi connectivity index (χ2v) is 5.40. The van der Waals surface area contributed by atoms with Crippen LogP contribution in [0.5, 0.6) is 0 Å². The fourth-order valence-electron chi connectivity index (χ4n) is 1.22. The van der Waals surface area contributed by atoms with E-state index in [-0.39, 0.29) is 0 Å². The molecular formula is C9H14I2N2. The van der Waals surface area contributed by atoms with Gasteiger partial charge in [-0.2, -0.15) is 0 Å². The summed E-state index contributed by atoms with van der Waals surface area (Å²) >= 11 is 4.63. The van der Waals surface area contributed by atoms with Gasteiger partial charge in [0, 0.05) is 6.04 Å². The van der Waals surface area contributed by atoms with Crippen molar-refractivity contribution >= 4 is 45.2 Å². The van der Waals surface area contributed by atoms with E-state index < -0.39 is 0 Å². The zero-order chi connectivity index (χ0) is 10.0. The van der Waals surface area contributed by atoms with Gasteiger partial charge in [0.15, 0.2) is 0 Å². The molecule has 1 aromatic heterocycles. The summed E-state index contributed by atoms with van der Waals surface area (Å²) in [5, 5.41) is 0. The fourth-order valence-corrected chi connectivity index (χ4v) is 2.33. The molecule has 0 aliphatic rings. The standard InChI is InChI=1S/C9H14I2N2/c1-4-6(2)7(3)13-5-12-8(10)9(13)11/h5-7H,4H2,1-3H3. The molecule has 0 amide bonds. The van der Waals surface area contributed by atoms with Crippen LogP contribution in [0.3, 0.4) is 0 Å². The molecule has 0 saturated carbocycles. The lowest BCUT2D eigenvalue weighted by atomic mass is 10.0. The van der Waals surface area contributed by atoms with Gasteiger partial charge in [-0.05, 0) is 58.0 Å². The average Bonchev–Trinajstić information content (AvgIpc) is 2.45. The molecule has 74 valence electrons. The van der Waals surface area contributed by atoms with Crippen molar-refractivity contribution in [1.82, 2.24) is 9.55 Å². The highest BCUT2D eigenvalue weighted by Crippen LogP contribution is 2.24. The van der Waals surface area contributed by atoms with Crippen LogP contribution in [-0.2, 0) is 0 Å². The summed E-state index contributed by atoms with van der Waals surface area (Å²) in [5.74, 6) is 0.707. The first-order valence-corrected chi connectivity index (χ1v) is 6.61. The quantitative estimate of drug-likeness (QED) is 0.703. The van der Waals surface area contributed by atoms with Crippen LogP contribution in [0.1, 0.15) is 33.2 Å². The number of rotatable bonds is 3. The Morgan fingerprint density at radius 1 is 1.46 bits per heavy atom. The van der Waals surface area contributed by atoms with Crippen LogP contribution in [0.15, 0.2) is 6.33 Å². The first-order valence-electron chi connectivity index (χ1n) is 4.45. The van der Waals surface area contributed by atoms with Gasteiger partial charge >= 0.3 is 0 Å². The maximum atomic E-state index is 4.30. The maximum Gasteiger partial charge on any atom is 0.132 e. The van der Waals surface area contributed by atoms with Crippen molar-refractivity contribution in [2.75, 3.05) is 0 Å². The highest BCUT2D eigenvalue weighted by atomic mass is 127. The molecule has 0 aliphatic heterocycles. The molecule has 1 aromatic rings. The number of halogens is 2. The van der Waals surface area contributed by atoms with Gasteiger partial charge in [-0.25, -0.2) is 4.98 Å². The van der Waals surface area contributed by atoms with Gasteiger partial charge in [-0.15, -0.1) is 0 Å². The summed E-state index contributed by atoms with van der Waals surface area (Å²) in [7, 11) is 0. The predicted octanol–water partition coefficient (Wildman–Crippen LogP) is 3.70. The highest BCUT2D eigenvalue weighted by Gasteiger charge is 2.15. The van der Waals surface area contributed by atoms with Gasteiger partial charge in [-0.3, -0.25) is 0 Å². The predicted molar refractivity (Wildman–Crippen MR) is 71.8 cm³/mol. The lowest BCUT2D eigenvalue weighted by molar-refractivity contribution is 0.365. The molecule has 0 N–H and O–H groups in total. The Morgan fingerprint density at radius 3 is 2.46 bits per heavy atom. The Labute approximate surface area is 107 Å². The van der Waals surface area contributed by atoms with E-state index in [1.54, 1.807) is 0 Å². The van der Waals surface area contributed by atoms with Crippen LogP contribution in [0.4, 0.5) is 0 Å². The van der Waals surface area contributed by atoms with Crippen molar-refractivity contribution < 1.29 is 0 Å². The van der Waals surface area contributed by atoms with E-state index in [4.69, 9.17) is 0 Å². The van der Waals surface area contributed by atoms with Crippen molar-refractivity contribution in [2.24, 2.45) is 5.92 Å². The molecule has 13 heavy (non-hydrogen) atoms. The summed E-state index contributed by atoms with van der Waals surface area (Å²) in [6.07, 6.45) is 3.16. The van der Waals surface area contributed by atoms with Crippen molar-refractivity contribution in [2.45, 2.75) is 33.2 Å². The Hall–Kier alpha value is 0.670. The van der Waals surface area contributed by atoms with Gasteiger partial charge in [0.25, 0.3) is 0 Å². The molecule has 1 rings (SSSR count). The third-order valence-electron chi connectivity index (χ3n) is 2.60. The van der Waals surface area contributed by atoms with Gasteiger partial charge in [0.05, 0.1) is 6.33 Å². The Bertz CT molecular complexity index is 283. The van der Waals surface area contributed by atoms with Gasteiger partial charge < -0.3 is 4.57 Å². The zero-order valence-corrected chi connectivity index (χ0v) is 12.4. The molecule has 4 heteroatoms. The molecule has 1 heterocycles. The molecular weight excluding hydrogens is 390 g/mol. The normalized spacial score (nSPS) is 15.8. The molecule has 0 aliphatic carbocycles. The van der Waals surface area contributed by atoms with E-state index in [9.17, 15) is 0 Å². The van der Waals surface area contributed by atoms with Crippen LogP contribution in [0.2, 0.25) is 0 Å². The van der Waals surface area contributed by atoms with Crippen LogP contribution in [0, 0.1) is 13.3 Å². The second-order valence-electron chi connectivity index (χ2n) is 3.36. The van der Waals surface area contributed by atoms with E-state index in [1.165, 1.54) is 10.1 Å². The lowest BCUT2D eigenvalue weighted by Gasteiger charge is -2.20. The molecule has 0 radical (unpaired) electrons. The molecule has 2 unspecified atom stereocenters. The Balaban J connectivity index is 2.88. The SMILES string of the molecule is CCC(C)C(C)n1cnc(I)c1I. The smallest absolute Gasteiger partial charge is 0.132 e. The van der Waals surface area contributed by atoms with Crippen LogP contribution < -0.4 is 0 Å². The van der Waals surface area contributed by atoms with Crippen molar-refractivity contribution in [3.8, 4) is 0 Å². The number of imidazole rings is 1. The molecule has 2 atom stereocenters. The minimum absolute atomic E-state index is 0.549. The summed E-state index contributed by atoms with van der Waals surface area (Å²) in [6, 6.07) is 0.549. The maximum absolute atomic E-state index is 4.30. The minimum Gasteiger partial charge on any atom is -0.322 e. The molecule has 0 bridgehead atoms. The van der Waals surface area contributed by atoms with Gasteiger partial charge in [0.2, 0.25) is 0 Å². The Morgan fingerprint density at radius 2 is 2.08 bits per heavy atom. The first kappa shape index (κ1) is 11.7. The average molecular weight is 404 g/mol. The Kier molecular flexibility index (Phi) is 4.47. The van der Waals surface area contributed by atoms with Crippen LogP contribution in [-0.4, -0.2) is 9.55 Å². The van der Waals surface area contributed by atoms with Crippen LogP contribution in [0.25, 0.3) is 0 Å². The molecule has 0 saturated heterocycles. The topological polar surface area (TPSA) is 17.8 Å². The lowest BCUT2D eigenvalue weighted by Crippen LogP contribution is -2.14. The number of hydrogen-bond acceptors (Lipinski definition) is 1. The van der Waals surface area contributed by atoms with Gasteiger partial charge in [0.1, 0.15) is 7.40 Å². The van der Waals surface area contributed by atoms with Crippen molar-refractivity contribution in [3.05, 3.63) is 13.7 Å². The second kappa shape index (κ2) is 4.95. The third kappa shape index (κ3) is 2.57. The van der Waals surface area contributed by atoms with Crippen molar-refractivity contribution in [3.63, 3.8) is 0 Å². The zero-order valence-electron chi connectivity index (χ0n) is 8.09. The summed E-state index contributed by atoms with van der Waals surface area (Å²) in [4.78, 5) is 4.30. The number of aromatic nitrogens is 2. The van der Waals surface area contributed by atoms with E-state index in [2.05, 4.69) is 75.5 Å². The highest BCUT2D eigenvalue weighted by molar-refractivity contribution is 14.1. The van der Waals surface area contributed by atoms with E-state index in [0.717, 1.165) is 3.70 Å². The fraction of sp³-hybridized carbons (Fsp3) is 0.667. The third-order valence-corrected chi connectivity index (χ3v) is 5.49. The molecule has 0 spiro atoms. The molecule has 2 nitrogen and oxygen atoms in total. The molecule has 0 aromatic carbocycles. The van der Waals surface area contributed by atoms with Crippen molar-refractivity contribution in [1.29, 1.82) is 0 Å². The van der Waals surface area contributed by atoms with Gasteiger partial charge in [-0.1, -0.05) is 20.3 Å². The summed E-state index contributed by atoms with van der Waals surface area (Å²) < 4.78 is 4.62. The summed E-state index contributed by atoms with van der Waals surface area (Å²) in [5.41, 5.74) is 0.